The summed E-state index contributed by atoms with van der Waals surface area (Å²) in [5, 5.41) is 0.440. The Bertz CT molecular complexity index is 345. The predicted octanol–water partition coefficient (Wildman–Crippen LogP) is 1.26. The third-order valence-corrected chi connectivity index (χ3v) is 2.37. The molecule has 0 aromatic carbocycles. The van der Waals surface area contributed by atoms with Crippen LogP contribution in [0.25, 0.3) is 0 Å². The van der Waals surface area contributed by atoms with Crippen molar-refractivity contribution >= 4 is 24.2 Å². The molecule has 1 saturated heterocycles. The smallest absolute Gasteiger partial charge is 0.404 e. The third kappa shape index (κ3) is 1.92. The zero-order valence-corrected chi connectivity index (χ0v) is 8.91. The minimum absolute atomic E-state index is 0.246. The molecular weight excluding hydrogens is 200 g/mol. The molecule has 0 radical (unpaired) electrons. The molecule has 0 saturated carbocycles. The van der Waals surface area contributed by atoms with Crippen LogP contribution >= 0.6 is 11.6 Å². The molecule has 1 aromatic rings. The van der Waals surface area contributed by atoms with Gasteiger partial charge >= 0.3 is 7.12 Å². The van der Waals surface area contributed by atoms with Crippen LogP contribution in [0.2, 0.25) is 5.15 Å². The number of aromatic nitrogens is 1. The lowest BCUT2D eigenvalue weighted by Crippen LogP contribution is -2.35. The average Bonchev–Trinajstić information content (AvgIpc) is 2.47. The number of pyridine rings is 1. The standard InChI is InChI=1S/C9H11BClNO2/c1-9(2)6-13-10(14-9)7-4-3-5-12-8(7)11/h3-5H,6H2,1-2H3. The number of nitrogens with zero attached hydrogens (tertiary/aromatic N) is 1. The SMILES string of the molecule is CC1(C)COB(c2cccnc2Cl)O1. The molecular formula is C9H11BClNO2. The van der Waals surface area contributed by atoms with Gasteiger partial charge in [-0.25, -0.2) is 4.98 Å². The monoisotopic (exact) mass is 211 g/mol. The second-order valence-corrected chi connectivity index (χ2v) is 4.26. The van der Waals surface area contributed by atoms with E-state index in [0.717, 1.165) is 5.46 Å². The van der Waals surface area contributed by atoms with E-state index in [-0.39, 0.29) is 12.7 Å². The van der Waals surface area contributed by atoms with E-state index < -0.39 is 0 Å². The van der Waals surface area contributed by atoms with E-state index in [1.165, 1.54) is 0 Å². The Kier molecular flexibility index (Phi) is 2.51. The van der Waals surface area contributed by atoms with Gasteiger partial charge in [0, 0.05) is 11.7 Å². The fourth-order valence-electron chi connectivity index (χ4n) is 1.36. The first-order valence-electron chi connectivity index (χ1n) is 4.48. The van der Waals surface area contributed by atoms with E-state index in [1.807, 2.05) is 26.0 Å². The molecule has 5 heteroatoms. The van der Waals surface area contributed by atoms with Crippen LogP contribution in [-0.4, -0.2) is 24.3 Å². The van der Waals surface area contributed by atoms with Crippen molar-refractivity contribution in [3.8, 4) is 0 Å². The molecule has 1 fully saturated rings. The first-order valence-corrected chi connectivity index (χ1v) is 4.86. The van der Waals surface area contributed by atoms with Gasteiger partial charge in [0.1, 0.15) is 5.15 Å². The third-order valence-electron chi connectivity index (χ3n) is 2.05. The highest BCUT2D eigenvalue weighted by Gasteiger charge is 2.39. The minimum atomic E-state index is -0.383. The van der Waals surface area contributed by atoms with Crippen molar-refractivity contribution in [1.82, 2.24) is 4.98 Å². The molecule has 74 valence electrons. The summed E-state index contributed by atoms with van der Waals surface area (Å²) < 4.78 is 11.2. The Morgan fingerprint density at radius 1 is 1.57 bits per heavy atom. The lowest BCUT2D eigenvalue weighted by molar-refractivity contribution is 0.137. The van der Waals surface area contributed by atoms with E-state index in [4.69, 9.17) is 20.9 Å². The largest absolute Gasteiger partial charge is 0.497 e. The van der Waals surface area contributed by atoms with E-state index in [9.17, 15) is 0 Å². The summed E-state index contributed by atoms with van der Waals surface area (Å²) in [7, 11) is -0.383. The quantitative estimate of drug-likeness (QED) is 0.518. The Labute approximate surface area is 88.5 Å². The minimum Gasteiger partial charge on any atom is -0.404 e. The Morgan fingerprint density at radius 3 is 2.93 bits per heavy atom. The van der Waals surface area contributed by atoms with Crippen molar-refractivity contribution in [3.05, 3.63) is 23.5 Å². The highest BCUT2D eigenvalue weighted by atomic mass is 35.5. The van der Waals surface area contributed by atoms with Crippen LogP contribution in [0.15, 0.2) is 18.3 Å². The first kappa shape index (κ1) is 9.96. The molecule has 2 heterocycles. The first-order chi connectivity index (χ1) is 6.58. The van der Waals surface area contributed by atoms with Crippen LogP contribution in [0.3, 0.4) is 0 Å². The van der Waals surface area contributed by atoms with Crippen LogP contribution in [0.4, 0.5) is 0 Å². The maximum absolute atomic E-state index is 5.93. The summed E-state index contributed by atoms with van der Waals surface area (Å²) in [6.45, 7) is 4.54. The fraction of sp³-hybridized carbons (Fsp3) is 0.444. The molecule has 1 aromatic heterocycles. The molecule has 1 aliphatic heterocycles. The van der Waals surface area contributed by atoms with Crippen LogP contribution in [0, 0.1) is 0 Å². The van der Waals surface area contributed by atoms with Crippen molar-refractivity contribution in [2.75, 3.05) is 6.61 Å². The van der Waals surface area contributed by atoms with Crippen LogP contribution in [-0.2, 0) is 9.31 Å². The number of hydrogen-bond donors (Lipinski definition) is 0. The zero-order valence-electron chi connectivity index (χ0n) is 8.16. The van der Waals surface area contributed by atoms with Gasteiger partial charge in [0.2, 0.25) is 0 Å². The van der Waals surface area contributed by atoms with E-state index in [2.05, 4.69) is 4.98 Å². The molecule has 0 N–H and O–H groups in total. The summed E-state index contributed by atoms with van der Waals surface area (Å²) in [5.41, 5.74) is 0.545. The molecule has 0 atom stereocenters. The lowest BCUT2D eigenvalue weighted by atomic mass is 9.80. The molecule has 0 amide bonds. The van der Waals surface area contributed by atoms with Crippen molar-refractivity contribution < 1.29 is 9.31 Å². The van der Waals surface area contributed by atoms with Crippen LogP contribution < -0.4 is 5.46 Å². The van der Waals surface area contributed by atoms with E-state index in [0.29, 0.717) is 11.8 Å². The molecule has 3 nitrogen and oxygen atoms in total. The Hall–Kier alpha value is -0.575. The fourth-order valence-corrected chi connectivity index (χ4v) is 1.57. The van der Waals surface area contributed by atoms with Crippen molar-refractivity contribution in [3.63, 3.8) is 0 Å². The van der Waals surface area contributed by atoms with Crippen molar-refractivity contribution in [2.45, 2.75) is 19.4 Å². The molecule has 1 aliphatic rings. The summed E-state index contributed by atoms with van der Waals surface area (Å²) in [6.07, 6.45) is 1.64. The van der Waals surface area contributed by atoms with Crippen LogP contribution in [0.1, 0.15) is 13.8 Å². The maximum atomic E-state index is 5.93. The molecule has 0 bridgehead atoms. The maximum Gasteiger partial charge on any atom is 0.497 e. The van der Waals surface area contributed by atoms with Gasteiger partial charge in [-0.1, -0.05) is 17.7 Å². The Balaban J connectivity index is 2.22. The van der Waals surface area contributed by atoms with Gasteiger partial charge in [-0.2, -0.15) is 0 Å². The second-order valence-electron chi connectivity index (χ2n) is 3.90. The summed E-state index contributed by atoms with van der Waals surface area (Å²) in [6, 6.07) is 3.68. The molecule has 0 aliphatic carbocycles. The van der Waals surface area contributed by atoms with Gasteiger partial charge in [0.05, 0.1) is 12.2 Å². The molecule has 0 unspecified atom stereocenters. The van der Waals surface area contributed by atoms with Crippen molar-refractivity contribution in [2.24, 2.45) is 0 Å². The Morgan fingerprint density at radius 2 is 2.36 bits per heavy atom. The predicted molar refractivity (Wildman–Crippen MR) is 55.8 cm³/mol. The highest BCUT2D eigenvalue weighted by molar-refractivity contribution is 6.65. The van der Waals surface area contributed by atoms with Gasteiger partial charge in [0.25, 0.3) is 0 Å². The summed E-state index contributed by atoms with van der Waals surface area (Å²) in [5.74, 6) is 0. The van der Waals surface area contributed by atoms with Gasteiger partial charge in [-0.05, 0) is 19.9 Å². The van der Waals surface area contributed by atoms with Gasteiger partial charge < -0.3 is 9.31 Å². The van der Waals surface area contributed by atoms with Gasteiger partial charge in [-0.15, -0.1) is 0 Å². The molecule has 0 spiro atoms. The summed E-state index contributed by atoms with van der Waals surface area (Å²) >= 11 is 5.93. The van der Waals surface area contributed by atoms with Crippen molar-refractivity contribution in [1.29, 1.82) is 0 Å². The van der Waals surface area contributed by atoms with E-state index >= 15 is 0 Å². The zero-order chi connectivity index (χ0) is 10.2. The summed E-state index contributed by atoms with van der Waals surface area (Å²) in [4.78, 5) is 3.98. The lowest BCUT2D eigenvalue weighted by Gasteiger charge is -2.15. The van der Waals surface area contributed by atoms with Gasteiger partial charge in [-0.3, -0.25) is 0 Å². The number of hydrogen-bond acceptors (Lipinski definition) is 3. The second kappa shape index (κ2) is 3.53. The van der Waals surface area contributed by atoms with E-state index in [1.54, 1.807) is 6.20 Å². The average molecular weight is 211 g/mol. The molecule has 2 rings (SSSR count). The number of halogens is 1. The normalized spacial score (nSPS) is 20.1. The topological polar surface area (TPSA) is 31.4 Å². The van der Waals surface area contributed by atoms with Crippen LogP contribution in [0.5, 0.6) is 0 Å². The molecule has 14 heavy (non-hydrogen) atoms. The number of rotatable bonds is 1. The van der Waals surface area contributed by atoms with Gasteiger partial charge in [0.15, 0.2) is 0 Å². The highest BCUT2D eigenvalue weighted by Crippen LogP contribution is 2.20.